The second-order valence-corrected chi connectivity index (χ2v) is 6.93. The van der Waals surface area contributed by atoms with Crippen molar-refractivity contribution in [3.63, 3.8) is 0 Å². The second-order valence-electron chi connectivity index (χ2n) is 6.93. The summed E-state index contributed by atoms with van der Waals surface area (Å²) in [4.78, 5) is 29.6. The molecule has 0 spiro atoms. The summed E-state index contributed by atoms with van der Waals surface area (Å²) in [6.07, 6.45) is 1.68. The molecule has 2 rings (SSSR count). The predicted molar refractivity (Wildman–Crippen MR) is 129 cm³/mol. The Labute approximate surface area is 202 Å². The van der Waals surface area contributed by atoms with Crippen molar-refractivity contribution in [2.24, 2.45) is 0 Å². The standard InChI is InChI=1S/C19H24N2O4.C4H4O4.2H2O/c1-13(9-14-3-6-16(25-2)7-4-14)20-11-19(24)15-5-8-18(23)17(10-15)21-12-22;5-3(6)1-2-4(7)8;;/h3-8,10,12-13,19-20,23-24H,9,11H2,1-2H3,(H,21,22);1-2H,(H,5,6)(H,7,8);2*1H2/t13-,19+;;;/m1.../s1. The van der Waals surface area contributed by atoms with E-state index in [1.54, 1.807) is 19.2 Å². The number of carbonyl (C=O) groups is 3. The number of hydrogen-bond acceptors (Lipinski definition) is 7. The zero-order chi connectivity index (χ0) is 24.8. The van der Waals surface area contributed by atoms with Crippen LogP contribution in [-0.2, 0) is 20.8 Å². The first-order chi connectivity index (χ1) is 15.7. The highest BCUT2D eigenvalue weighted by molar-refractivity contribution is 5.89. The summed E-state index contributed by atoms with van der Waals surface area (Å²) in [5.41, 5.74) is 2.07. The summed E-state index contributed by atoms with van der Waals surface area (Å²) in [6.45, 7) is 2.41. The van der Waals surface area contributed by atoms with E-state index in [2.05, 4.69) is 10.6 Å². The smallest absolute Gasteiger partial charge is 0.328 e. The van der Waals surface area contributed by atoms with E-state index in [1.165, 1.54) is 11.6 Å². The van der Waals surface area contributed by atoms with E-state index < -0.39 is 18.0 Å². The number of phenols is 1. The minimum atomic E-state index is -1.26. The molecular weight excluding hydrogens is 464 g/mol. The summed E-state index contributed by atoms with van der Waals surface area (Å²) in [6, 6.07) is 12.7. The van der Waals surface area contributed by atoms with Crippen molar-refractivity contribution in [3.05, 3.63) is 65.7 Å². The number of aliphatic hydroxyl groups is 1. The van der Waals surface area contributed by atoms with E-state index >= 15 is 0 Å². The highest BCUT2D eigenvalue weighted by Gasteiger charge is 2.12. The van der Waals surface area contributed by atoms with E-state index in [0.717, 1.165) is 12.2 Å². The Hall–Kier alpha value is -3.97. The van der Waals surface area contributed by atoms with Gasteiger partial charge in [0.2, 0.25) is 6.41 Å². The number of amides is 1. The van der Waals surface area contributed by atoms with Crippen LogP contribution in [0.3, 0.4) is 0 Å². The van der Waals surface area contributed by atoms with Crippen LogP contribution in [0.2, 0.25) is 0 Å². The van der Waals surface area contributed by atoms with Gasteiger partial charge in [0.25, 0.3) is 0 Å². The van der Waals surface area contributed by atoms with Crippen molar-refractivity contribution in [1.29, 1.82) is 0 Å². The number of hydrogen-bond donors (Lipinski definition) is 6. The van der Waals surface area contributed by atoms with Gasteiger partial charge >= 0.3 is 11.9 Å². The molecule has 0 heterocycles. The molecule has 2 aromatic rings. The van der Waals surface area contributed by atoms with E-state index in [1.807, 2.05) is 31.2 Å². The van der Waals surface area contributed by atoms with Crippen LogP contribution in [0.25, 0.3) is 0 Å². The average Bonchev–Trinajstić information content (AvgIpc) is 2.78. The Morgan fingerprint density at radius 3 is 2.09 bits per heavy atom. The number of carbonyl (C=O) groups excluding carboxylic acids is 1. The van der Waals surface area contributed by atoms with E-state index in [9.17, 15) is 24.6 Å². The van der Waals surface area contributed by atoms with Crippen molar-refractivity contribution in [2.75, 3.05) is 19.0 Å². The lowest BCUT2D eigenvalue weighted by Gasteiger charge is -2.18. The highest BCUT2D eigenvalue weighted by atomic mass is 16.5. The number of aromatic hydroxyl groups is 1. The first kappa shape index (κ1) is 33.2. The SMILES string of the molecule is COc1ccc(C[C@@H](C)NC[C@H](O)c2ccc(O)c(NC=O)c2)cc1.O.O.O=C(O)C=CC(=O)O. The fourth-order valence-corrected chi connectivity index (χ4v) is 2.70. The summed E-state index contributed by atoms with van der Waals surface area (Å²) in [5, 5.41) is 41.3. The molecule has 0 aliphatic rings. The van der Waals surface area contributed by atoms with Crippen LogP contribution in [-0.4, -0.2) is 69.4 Å². The van der Waals surface area contributed by atoms with Crippen LogP contribution in [0, 0.1) is 0 Å². The molecule has 0 bridgehead atoms. The van der Waals surface area contributed by atoms with Crippen molar-refractivity contribution >= 4 is 24.0 Å². The van der Waals surface area contributed by atoms with Crippen LogP contribution >= 0.6 is 0 Å². The largest absolute Gasteiger partial charge is 0.506 e. The molecule has 194 valence electrons. The minimum absolute atomic E-state index is 0. The predicted octanol–water partition coefficient (Wildman–Crippen LogP) is 0.286. The molecule has 12 heteroatoms. The van der Waals surface area contributed by atoms with Crippen LogP contribution in [0.4, 0.5) is 5.69 Å². The van der Waals surface area contributed by atoms with Crippen LogP contribution in [0.5, 0.6) is 11.5 Å². The number of nitrogens with one attached hydrogen (secondary N) is 2. The first-order valence-corrected chi connectivity index (χ1v) is 9.87. The van der Waals surface area contributed by atoms with E-state index in [4.69, 9.17) is 14.9 Å². The molecule has 0 unspecified atom stereocenters. The Balaban J connectivity index is 0. The third-order valence-corrected chi connectivity index (χ3v) is 4.35. The highest BCUT2D eigenvalue weighted by Crippen LogP contribution is 2.26. The molecule has 12 nitrogen and oxygen atoms in total. The first-order valence-electron chi connectivity index (χ1n) is 9.87. The molecule has 1 amide bonds. The van der Waals surface area contributed by atoms with Gasteiger partial charge in [-0.05, 0) is 48.7 Å². The minimum Gasteiger partial charge on any atom is -0.506 e. The van der Waals surface area contributed by atoms with Gasteiger partial charge in [0.1, 0.15) is 11.5 Å². The maximum Gasteiger partial charge on any atom is 0.328 e. The van der Waals surface area contributed by atoms with E-state index in [-0.39, 0.29) is 28.4 Å². The Bertz CT molecular complexity index is 932. The number of benzene rings is 2. The summed E-state index contributed by atoms with van der Waals surface area (Å²) >= 11 is 0. The van der Waals surface area contributed by atoms with Crippen LogP contribution in [0.1, 0.15) is 24.2 Å². The van der Waals surface area contributed by atoms with Gasteiger partial charge in [-0.1, -0.05) is 18.2 Å². The topological polar surface area (TPSA) is 228 Å². The van der Waals surface area contributed by atoms with Gasteiger partial charge in [0, 0.05) is 24.7 Å². The Morgan fingerprint density at radius 2 is 1.60 bits per heavy atom. The lowest BCUT2D eigenvalue weighted by atomic mass is 10.1. The number of phenolic OH excluding ortho intramolecular Hbond substituents is 1. The Morgan fingerprint density at radius 1 is 1.03 bits per heavy atom. The Kier molecular flexibility index (Phi) is 16.6. The van der Waals surface area contributed by atoms with Crippen molar-refractivity contribution in [2.45, 2.75) is 25.5 Å². The second kappa shape index (κ2) is 17.5. The molecule has 0 aromatic heterocycles. The maximum atomic E-state index is 10.5. The number of carboxylic acid groups (broad SMARTS) is 2. The van der Waals surface area contributed by atoms with Crippen LogP contribution < -0.4 is 15.4 Å². The maximum absolute atomic E-state index is 10.5. The molecule has 2 atom stereocenters. The number of carboxylic acids is 2. The van der Waals surface area contributed by atoms with Gasteiger partial charge in [-0.2, -0.15) is 0 Å². The lowest BCUT2D eigenvalue weighted by Crippen LogP contribution is -2.32. The lowest BCUT2D eigenvalue weighted by molar-refractivity contribution is -0.134. The monoisotopic (exact) mass is 496 g/mol. The zero-order valence-corrected chi connectivity index (χ0v) is 19.3. The molecule has 0 saturated carbocycles. The molecular formula is C23H32N2O10. The quantitative estimate of drug-likeness (QED) is 0.142. The van der Waals surface area contributed by atoms with Gasteiger partial charge in [0.15, 0.2) is 0 Å². The van der Waals surface area contributed by atoms with Crippen molar-refractivity contribution in [1.82, 2.24) is 5.32 Å². The summed E-state index contributed by atoms with van der Waals surface area (Å²) in [5.74, 6) is -1.73. The number of aliphatic hydroxyl groups excluding tert-OH is 1. The summed E-state index contributed by atoms with van der Waals surface area (Å²) in [7, 11) is 1.64. The number of anilines is 1. The van der Waals surface area contributed by atoms with Crippen LogP contribution in [0.15, 0.2) is 54.6 Å². The number of aliphatic carboxylic acids is 2. The number of ether oxygens (including phenoxy) is 1. The molecule has 0 aliphatic heterocycles. The molecule has 10 N–H and O–H groups in total. The van der Waals surface area contributed by atoms with Gasteiger partial charge in [-0.15, -0.1) is 0 Å². The number of methoxy groups -OCH3 is 1. The molecule has 2 aromatic carbocycles. The molecule has 0 radical (unpaired) electrons. The molecule has 0 aliphatic carbocycles. The number of rotatable bonds is 11. The fraction of sp³-hybridized carbons (Fsp3) is 0.261. The normalized spacial score (nSPS) is 11.5. The van der Waals surface area contributed by atoms with Gasteiger partial charge in [0.05, 0.1) is 18.9 Å². The fourth-order valence-electron chi connectivity index (χ4n) is 2.70. The van der Waals surface area contributed by atoms with Crippen molar-refractivity contribution in [3.8, 4) is 11.5 Å². The average molecular weight is 497 g/mol. The zero-order valence-electron chi connectivity index (χ0n) is 19.3. The van der Waals surface area contributed by atoms with Gasteiger partial charge in [-0.25, -0.2) is 9.59 Å². The summed E-state index contributed by atoms with van der Waals surface area (Å²) < 4.78 is 5.14. The molecule has 35 heavy (non-hydrogen) atoms. The van der Waals surface area contributed by atoms with Gasteiger partial charge in [-0.3, -0.25) is 4.79 Å². The van der Waals surface area contributed by atoms with Gasteiger partial charge < -0.3 is 46.7 Å². The third-order valence-electron chi connectivity index (χ3n) is 4.35. The molecule has 0 saturated heterocycles. The third kappa shape index (κ3) is 13.4. The molecule has 0 fully saturated rings. The van der Waals surface area contributed by atoms with Crippen molar-refractivity contribution < 1.29 is 50.5 Å². The van der Waals surface area contributed by atoms with E-state index in [0.29, 0.717) is 30.7 Å².